The number of benzene rings is 2. The smallest absolute Gasteiger partial charge is 0.464 e. The number of hydrogen-bond donors (Lipinski definition) is 1. The van der Waals surface area contributed by atoms with Gasteiger partial charge in [0.25, 0.3) is 5.56 Å². The number of aromatic amines is 1. The fourth-order valence-electron chi connectivity index (χ4n) is 4.96. The lowest BCUT2D eigenvalue weighted by Crippen LogP contribution is -2.23. The molecule has 0 atom stereocenters. The van der Waals surface area contributed by atoms with Crippen molar-refractivity contribution in [1.82, 2.24) is 29.9 Å². The van der Waals surface area contributed by atoms with Crippen LogP contribution in [0.15, 0.2) is 125 Å². The largest absolute Gasteiger partial charge is 0.470 e. The number of halogens is 7. The van der Waals surface area contributed by atoms with Crippen LogP contribution in [0.5, 0.6) is 0 Å². The van der Waals surface area contributed by atoms with Crippen molar-refractivity contribution in [3.63, 3.8) is 0 Å². The van der Waals surface area contributed by atoms with Gasteiger partial charge in [0.05, 0.1) is 23.0 Å². The fraction of sp³-hybridized carbons (Fsp3) is 0.135. The Hall–Kier alpha value is -6.90. The first-order valence-corrected chi connectivity index (χ1v) is 17.0. The molecule has 0 aliphatic carbocycles. The Morgan fingerprint density at radius 1 is 0.690 bits per heavy atom. The number of nitrogens with zero attached hydrogens (tertiary/aromatic N) is 5. The van der Waals surface area contributed by atoms with Gasteiger partial charge in [-0.15, -0.1) is 20.4 Å². The zero-order chi connectivity index (χ0) is 40.9. The van der Waals surface area contributed by atoms with Crippen molar-refractivity contribution in [2.24, 2.45) is 0 Å². The Morgan fingerprint density at radius 3 is 1.66 bits per heavy atom. The Bertz CT molecular complexity index is 2820. The van der Waals surface area contributed by atoms with Gasteiger partial charge >= 0.3 is 24.1 Å². The van der Waals surface area contributed by atoms with Crippen molar-refractivity contribution < 1.29 is 53.6 Å². The monoisotopic (exact) mass is 874 g/mol. The van der Waals surface area contributed by atoms with Crippen LogP contribution in [0, 0.1) is 0 Å². The topological polar surface area (TPSA) is 193 Å². The van der Waals surface area contributed by atoms with Gasteiger partial charge in [-0.25, -0.2) is 0 Å². The van der Waals surface area contributed by atoms with Crippen molar-refractivity contribution in [1.29, 1.82) is 0 Å². The van der Waals surface area contributed by atoms with Crippen LogP contribution in [0.25, 0.3) is 44.8 Å². The first kappa shape index (κ1) is 42.2. The van der Waals surface area contributed by atoms with Crippen molar-refractivity contribution in [2.45, 2.75) is 26.3 Å². The molecule has 0 spiro atoms. The number of carbonyl (C=O) groups is 2. The summed E-state index contributed by atoms with van der Waals surface area (Å²) in [5, 5.41) is 14.1. The number of rotatable bonds is 7. The summed E-state index contributed by atoms with van der Waals surface area (Å²) in [6, 6.07) is 19.2. The van der Waals surface area contributed by atoms with E-state index in [1.165, 1.54) is 37.1 Å². The molecule has 14 nitrogen and oxygen atoms in total. The number of H-pyrrole nitrogens is 1. The molecular weight excluding hydrogens is 850 g/mol. The minimum atomic E-state index is -4.78. The molecule has 1 N–H and O–H groups in total. The van der Waals surface area contributed by atoms with Crippen LogP contribution in [0.2, 0.25) is 0 Å². The normalized spacial score (nSPS) is 11.3. The molecular formula is C37H25BrF6N6O8. The third-order valence-electron chi connectivity index (χ3n) is 7.60. The van der Waals surface area contributed by atoms with Gasteiger partial charge in [0, 0.05) is 46.4 Å². The lowest BCUT2D eigenvalue weighted by atomic mass is 10.1. The molecule has 2 aromatic carbocycles. The first-order chi connectivity index (χ1) is 27.1. The molecule has 8 aromatic rings. The SMILES string of the molecule is C.O=C(CBr)c1coc2ccccc12.O=C(Cn1ccc(-c2nnc(C(F)(F)F)o2)cc1=O)c1coc2ccccc12.O=c1cc(-c2nnc(C(F)(F)F)o2)cc[nH]1. The van der Waals surface area contributed by atoms with E-state index < -0.39 is 41.1 Å². The molecule has 0 aliphatic heterocycles. The fourth-order valence-corrected chi connectivity index (χ4v) is 5.26. The van der Waals surface area contributed by atoms with Gasteiger partial charge in [-0.1, -0.05) is 59.8 Å². The van der Waals surface area contributed by atoms with Gasteiger partial charge < -0.3 is 27.2 Å². The summed E-state index contributed by atoms with van der Waals surface area (Å²) < 4.78 is 94.6. The standard InChI is InChI=1S/C18H10F3N3O4.C10H7BrO2.C8H4F3N3O2.CH4/c19-18(20,21)17-23-22-16(28-17)10-5-6-24(15(26)7-10)8-13(25)12-9-27-14-4-2-1-3-11(12)14;11-5-9(12)8-6-13-10-4-2-1-3-7(8)10;9-8(10,11)7-14-13-6(16-7)4-1-2-12-5(15)3-4;/h1-7,9H,8H2;1-4,6H,5H2;1-3H,(H,12,15);1H4. The number of carbonyl (C=O) groups excluding carboxylic acids is 2. The number of pyridine rings is 2. The van der Waals surface area contributed by atoms with Gasteiger partial charge in [-0.3, -0.25) is 19.2 Å². The predicted octanol–water partition coefficient (Wildman–Crippen LogP) is 8.64. The Labute approximate surface area is 328 Å². The van der Waals surface area contributed by atoms with Crippen LogP contribution in [-0.4, -0.2) is 46.8 Å². The van der Waals surface area contributed by atoms with E-state index in [0.717, 1.165) is 27.7 Å². The molecule has 0 amide bonds. The molecule has 58 heavy (non-hydrogen) atoms. The zero-order valence-electron chi connectivity index (χ0n) is 28.3. The van der Waals surface area contributed by atoms with Crippen LogP contribution >= 0.6 is 15.9 Å². The van der Waals surface area contributed by atoms with E-state index in [2.05, 4.69) is 50.1 Å². The van der Waals surface area contributed by atoms with E-state index in [1.54, 1.807) is 24.3 Å². The van der Waals surface area contributed by atoms with Gasteiger partial charge in [0.1, 0.15) is 23.7 Å². The number of nitrogens with one attached hydrogen (secondary N) is 1. The van der Waals surface area contributed by atoms with Gasteiger partial charge in [0.2, 0.25) is 17.3 Å². The summed E-state index contributed by atoms with van der Waals surface area (Å²) in [7, 11) is 0. The molecule has 0 aliphatic rings. The molecule has 0 saturated carbocycles. The van der Waals surface area contributed by atoms with Crippen LogP contribution < -0.4 is 11.1 Å². The number of ketones is 2. The number of aromatic nitrogens is 6. The maximum absolute atomic E-state index is 12.5. The van der Waals surface area contributed by atoms with E-state index in [0.29, 0.717) is 27.4 Å². The minimum absolute atomic E-state index is 0. The number of Topliss-reactive ketones (excluding diaryl/α,β-unsaturated/α-hetero) is 2. The van der Waals surface area contributed by atoms with Crippen molar-refractivity contribution in [2.75, 3.05) is 5.33 Å². The summed E-state index contributed by atoms with van der Waals surface area (Å²) in [5.74, 6) is -4.04. The zero-order valence-corrected chi connectivity index (χ0v) is 29.9. The number of para-hydroxylation sites is 2. The van der Waals surface area contributed by atoms with Gasteiger partial charge in [-0.05, 0) is 24.3 Å². The summed E-state index contributed by atoms with van der Waals surface area (Å²) in [6.45, 7) is -0.264. The Kier molecular flexibility index (Phi) is 12.7. The van der Waals surface area contributed by atoms with E-state index in [1.807, 2.05) is 24.3 Å². The number of furan rings is 2. The van der Waals surface area contributed by atoms with Gasteiger partial charge in [-0.2, -0.15) is 26.3 Å². The Morgan fingerprint density at radius 2 is 1.19 bits per heavy atom. The molecule has 0 saturated heterocycles. The molecule has 0 bridgehead atoms. The maximum Gasteiger partial charge on any atom is 0.470 e. The highest BCUT2D eigenvalue weighted by Gasteiger charge is 2.39. The lowest BCUT2D eigenvalue weighted by molar-refractivity contribution is -0.157. The van der Waals surface area contributed by atoms with Crippen LogP contribution in [-0.2, 0) is 18.9 Å². The lowest BCUT2D eigenvalue weighted by Gasteiger charge is -2.05. The molecule has 6 aromatic heterocycles. The molecule has 6 heterocycles. The molecule has 0 radical (unpaired) electrons. The highest BCUT2D eigenvalue weighted by atomic mass is 79.9. The molecule has 8 rings (SSSR count). The average molecular weight is 876 g/mol. The quantitative estimate of drug-likeness (QED) is 0.0912. The third kappa shape index (κ3) is 9.72. The minimum Gasteiger partial charge on any atom is -0.464 e. The van der Waals surface area contributed by atoms with Crippen molar-refractivity contribution in [3.8, 4) is 22.9 Å². The first-order valence-electron chi connectivity index (χ1n) is 15.9. The van der Waals surface area contributed by atoms with E-state index in [9.17, 15) is 45.5 Å². The summed E-state index contributed by atoms with van der Waals surface area (Å²) >= 11 is 3.13. The predicted molar refractivity (Wildman–Crippen MR) is 196 cm³/mol. The summed E-state index contributed by atoms with van der Waals surface area (Å²) in [4.78, 5) is 49.4. The van der Waals surface area contributed by atoms with Crippen LogP contribution in [0.1, 0.15) is 39.9 Å². The number of hydrogen-bond acceptors (Lipinski definition) is 12. The number of alkyl halides is 7. The van der Waals surface area contributed by atoms with Crippen molar-refractivity contribution >= 4 is 49.4 Å². The van der Waals surface area contributed by atoms with Crippen molar-refractivity contribution in [3.05, 3.63) is 141 Å². The second kappa shape index (κ2) is 17.5. The molecule has 21 heteroatoms. The maximum atomic E-state index is 12.5. The van der Waals surface area contributed by atoms with E-state index >= 15 is 0 Å². The molecule has 0 fully saturated rings. The second-order valence-electron chi connectivity index (χ2n) is 11.4. The van der Waals surface area contributed by atoms with E-state index in [-0.39, 0.29) is 42.6 Å². The molecule has 300 valence electrons. The average Bonchev–Trinajstić information content (AvgIpc) is 4.01. The van der Waals surface area contributed by atoms with Gasteiger partial charge in [0.15, 0.2) is 11.6 Å². The van der Waals surface area contributed by atoms with E-state index in [4.69, 9.17) is 8.83 Å². The van der Waals surface area contributed by atoms with Crippen LogP contribution in [0.4, 0.5) is 26.3 Å². The highest BCUT2D eigenvalue weighted by Crippen LogP contribution is 2.31. The Balaban J connectivity index is 0.000000181. The highest BCUT2D eigenvalue weighted by molar-refractivity contribution is 9.09. The summed E-state index contributed by atoms with van der Waals surface area (Å²) in [6.07, 6.45) is -4.09. The summed E-state index contributed by atoms with van der Waals surface area (Å²) in [5.41, 5.74) is 1.36. The second-order valence-corrected chi connectivity index (χ2v) is 12.0. The third-order valence-corrected chi connectivity index (χ3v) is 8.11. The molecule has 0 unspecified atom stereocenters. The number of fused-ring (bicyclic) bond motifs is 2. The van der Waals surface area contributed by atoms with Crippen LogP contribution in [0.3, 0.4) is 0 Å².